The predicted octanol–water partition coefficient (Wildman–Crippen LogP) is 2.08. The molecule has 0 aliphatic carbocycles. The molecule has 2 aromatic heterocycles. The lowest BCUT2D eigenvalue weighted by Gasteiger charge is -2.42. The molecule has 1 fully saturated rings. The number of urea groups is 1. The summed E-state index contributed by atoms with van der Waals surface area (Å²) in [6.45, 7) is 2.20. The maximum atomic E-state index is 14.6. The van der Waals surface area contributed by atoms with Crippen molar-refractivity contribution in [3.63, 3.8) is 0 Å². The van der Waals surface area contributed by atoms with Crippen molar-refractivity contribution in [2.45, 2.75) is 25.3 Å². The van der Waals surface area contributed by atoms with Gasteiger partial charge in [0.05, 0.1) is 19.0 Å². The van der Waals surface area contributed by atoms with Crippen molar-refractivity contribution >= 4 is 23.6 Å². The summed E-state index contributed by atoms with van der Waals surface area (Å²) >= 11 is 0. The predicted molar refractivity (Wildman–Crippen MR) is 107 cm³/mol. The van der Waals surface area contributed by atoms with Crippen molar-refractivity contribution in [3.8, 4) is 5.88 Å². The number of nitrogens with one attached hydrogen (secondary N) is 2. The summed E-state index contributed by atoms with van der Waals surface area (Å²) in [6.07, 6.45) is 3.78. The lowest BCUT2D eigenvalue weighted by molar-refractivity contribution is -0.0760. The molecule has 2 aromatic rings. The van der Waals surface area contributed by atoms with Crippen LogP contribution in [-0.2, 0) is 0 Å². The zero-order valence-corrected chi connectivity index (χ0v) is 17.0. The highest BCUT2D eigenvalue weighted by Crippen LogP contribution is 2.33. The van der Waals surface area contributed by atoms with Gasteiger partial charge in [-0.1, -0.05) is 0 Å². The Bertz CT molecular complexity index is 868. The van der Waals surface area contributed by atoms with Crippen molar-refractivity contribution in [2.75, 3.05) is 49.3 Å². The largest absolute Gasteiger partial charge is 0.477 e. The number of carbonyl (C=O) groups is 1. The van der Waals surface area contributed by atoms with Gasteiger partial charge in [0.15, 0.2) is 5.82 Å². The first kappa shape index (κ1) is 21.4. The summed E-state index contributed by atoms with van der Waals surface area (Å²) in [5.74, 6) is -1.71. The first-order chi connectivity index (χ1) is 14.3. The number of alkyl halides is 2. The molecule has 162 valence electrons. The number of likely N-dealkylation sites (N-methyl/N-ethyl adjacent to an activating group) is 1. The van der Waals surface area contributed by atoms with Gasteiger partial charge < -0.3 is 19.9 Å². The fourth-order valence-corrected chi connectivity index (χ4v) is 3.05. The van der Waals surface area contributed by atoms with Crippen LogP contribution in [0.4, 0.5) is 31.2 Å². The molecule has 3 heterocycles. The highest BCUT2D eigenvalue weighted by molar-refractivity contribution is 5.88. The third kappa shape index (κ3) is 4.81. The number of hydrogen-bond acceptors (Lipinski definition) is 8. The van der Waals surface area contributed by atoms with Gasteiger partial charge in [0.25, 0.3) is 5.92 Å². The number of halogens is 2. The van der Waals surface area contributed by atoms with E-state index in [2.05, 4.69) is 30.6 Å². The topological polar surface area (TPSA) is 108 Å². The van der Waals surface area contributed by atoms with E-state index in [0.29, 0.717) is 24.3 Å². The lowest BCUT2D eigenvalue weighted by Crippen LogP contribution is -2.60. The van der Waals surface area contributed by atoms with Crippen molar-refractivity contribution in [1.82, 2.24) is 24.8 Å². The standard InChI is InChI=1S/C18H24F2N8O2/c1-4-30-15-10-23-14(9-24-15)26-17(29)27(3)12-11-28(8-6-18(12,19)20)16-22-7-5-13(21-2)25-16/h5,7,9-10,12H,4,6,8,11H2,1-3H3,(H,21,22,25)(H,23,26,29). The molecule has 1 saturated heterocycles. The minimum Gasteiger partial charge on any atom is -0.477 e. The van der Waals surface area contributed by atoms with Crippen LogP contribution in [0.25, 0.3) is 0 Å². The summed E-state index contributed by atoms with van der Waals surface area (Å²) < 4.78 is 34.5. The van der Waals surface area contributed by atoms with Gasteiger partial charge in [-0.3, -0.25) is 5.32 Å². The number of anilines is 3. The second-order valence-electron chi connectivity index (χ2n) is 6.68. The number of ether oxygens (including phenoxy) is 1. The van der Waals surface area contributed by atoms with E-state index in [-0.39, 0.29) is 18.9 Å². The molecule has 1 aliphatic heterocycles. The average Bonchev–Trinajstić information content (AvgIpc) is 2.74. The van der Waals surface area contributed by atoms with Gasteiger partial charge in [0, 0.05) is 39.8 Å². The number of nitrogens with zero attached hydrogens (tertiary/aromatic N) is 6. The molecule has 3 rings (SSSR count). The number of amides is 2. The second-order valence-corrected chi connectivity index (χ2v) is 6.68. The van der Waals surface area contributed by atoms with Gasteiger partial charge in [0.2, 0.25) is 11.8 Å². The van der Waals surface area contributed by atoms with E-state index in [1.807, 2.05) is 0 Å². The molecule has 0 spiro atoms. The highest BCUT2D eigenvalue weighted by Gasteiger charge is 2.48. The molecule has 1 unspecified atom stereocenters. The summed E-state index contributed by atoms with van der Waals surface area (Å²) in [7, 11) is 3.03. The van der Waals surface area contributed by atoms with E-state index in [4.69, 9.17) is 4.74 Å². The zero-order valence-electron chi connectivity index (χ0n) is 17.0. The average molecular weight is 422 g/mol. The molecule has 1 atom stereocenters. The molecule has 0 bridgehead atoms. The van der Waals surface area contributed by atoms with Crippen LogP contribution in [-0.4, -0.2) is 76.6 Å². The fraction of sp³-hybridized carbons (Fsp3) is 0.500. The molecule has 2 N–H and O–H groups in total. The van der Waals surface area contributed by atoms with Crippen LogP contribution in [0.1, 0.15) is 13.3 Å². The highest BCUT2D eigenvalue weighted by atomic mass is 19.3. The van der Waals surface area contributed by atoms with Gasteiger partial charge >= 0.3 is 6.03 Å². The summed E-state index contributed by atoms with van der Waals surface area (Å²) in [4.78, 5) is 31.7. The quantitative estimate of drug-likeness (QED) is 0.729. The Labute approximate surface area is 172 Å². The minimum absolute atomic E-state index is 0.0799. The zero-order chi connectivity index (χ0) is 21.7. The van der Waals surface area contributed by atoms with Crippen LogP contribution in [0.15, 0.2) is 24.7 Å². The van der Waals surface area contributed by atoms with E-state index in [9.17, 15) is 13.6 Å². The van der Waals surface area contributed by atoms with Gasteiger partial charge in [0.1, 0.15) is 11.9 Å². The number of hydrogen-bond donors (Lipinski definition) is 2. The van der Waals surface area contributed by atoms with E-state index < -0.39 is 24.4 Å². The third-order valence-electron chi connectivity index (χ3n) is 4.72. The number of aromatic nitrogens is 4. The van der Waals surface area contributed by atoms with Gasteiger partial charge in [-0.2, -0.15) is 4.98 Å². The van der Waals surface area contributed by atoms with Gasteiger partial charge in [-0.15, -0.1) is 0 Å². The maximum Gasteiger partial charge on any atom is 0.323 e. The number of carbonyl (C=O) groups excluding carboxylic acids is 1. The SMILES string of the molecule is CCOc1cnc(NC(=O)N(C)C2CN(c3nccc(NC)n3)CCC2(F)F)cn1. The molecule has 0 aromatic carbocycles. The van der Waals surface area contributed by atoms with Crippen molar-refractivity contribution in [2.24, 2.45) is 0 Å². The van der Waals surface area contributed by atoms with E-state index >= 15 is 0 Å². The fourth-order valence-electron chi connectivity index (χ4n) is 3.05. The normalized spacial score (nSPS) is 17.9. The van der Waals surface area contributed by atoms with Crippen LogP contribution >= 0.6 is 0 Å². The van der Waals surface area contributed by atoms with Crippen LogP contribution in [0.2, 0.25) is 0 Å². The molecule has 2 amide bonds. The first-order valence-corrected chi connectivity index (χ1v) is 9.46. The Kier molecular flexibility index (Phi) is 6.43. The van der Waals surface area contributed by atoms with Crippen LogP contribution < -0.4 is 20.3 Å². The molecular weight excluding hydrogens is 398 g/mol. The molecular formula is C18H24F2N8O2. The van der Waals surface area contributed by atoms with E-state index in [1.54, 1.807) is 31.1 Å². The van der Waals surface area contributed by atoms with Crippen LogP contribution in [0, 0.1) is 0 Å². The molecule has 10 nitrogen and oxygen atoms in total. The maximum absolute atomic E-state index is 14.6. The van der Waals surface area contributed by atoms with E-state index in [1.165, 1.54) is 19.4 Å². The number of piperidine rings is 1. The third-order valence-corrected chi connectivity index (χ3v) is 4.72. The minimum atomic E-state index is -3.06. The molecule has 30 heavy (non-hydrogen) atoms. The Morgan fingerprint density at radius 1 is 1.33 bits per heavy atom. The Morgan fingerprint density at radius 3 is 2.80 bits per heavy atom. The summed E-state index contributed by atoms with van der Waals surface area (Å²) in [6, 6.07) is -0.412. The first-order valence-electron chi connectivity index (χ1n) is 9.46. The molecule has 0 saturated carbocycles. The lowest BCUT2D eigenvalue weighted by atomic mass is 10.00. The number of rotatable bonds is 6. The summed E-state index contributed by atoms with van der Waals surface area (Å²) in [5, 5.41) is 5.38. The van der Waals surface area contributed by atoms with E-state index in [0.717, 1.165) is 4.90 Å². The molecule has 12 heteroatoms. The van der Waals surface area contributed by atoms with Crippen molar-refractivity contribution in [1.29, 1.82) is 0 Å². The Hall–Kier alpha value is -3.31. The molecule has 1 aliphatic rings. The van der Waals surface area contributed by atoms with Crippen molar-refractivity contribution in [3.05, 3.63) is 24.7 Å². The van der Waals surface area contributed by atoms with Crippen molar-refractivity contribution < 1.29 is 18.3 Å². The smallest absolute Gasteiger partial charge is 0.323 e. The second kappa shape index (κ2) is 9.01. The van der Waals surface area contributed by atoms with Crippen LogP contribution in [0.5, 0.6) is 5.88 Å². The Morgan fingerprint density at radius 2 is 2.13 bits per heavy atom. The van der Waals surface area contributed by atoms with Gasteiger partial charge in [-0.05, 0) is 13.0 Å². The van der Waals surface area contributed by atoms with Crippen LogP contribution in [0.3, 0.4) is 0 Å². The van der Waals surface area contributed by atoms with Gasteiger partial charge in [-0.25, -0.2) is 28.5 Å². The summed E-state index contributed by atoms with van der Waals surface area (Å²) in [5.41, 5.74) is 0. The Balaban J connectivity index is 1.71. The monoisotopic (exact) mass is 422 g/mol. The molecule has 0 radical (unpaired) electrons.